The zero-order valence-electron chi connectivity index (χ0n) is 14.1. The molecule has 2 heterocycles. The van der Waals surface area contributed by atoms with E-state index in [0.29, 0.717) is 42.7 Å². The Kier molecular flexibility index (Phi) is 4.80. The molecule has 1 saturated heterocycles. The molecule has 0 N–H and O–H groups in total. The number of methoxy groups -OCH3 is 1. The van der Waals surface area contributed by atoms with Crippen LogP contribution in [-0.4, -0.2) is 47.8 Å². The fourth-order valence-electron chi connectivity index (χ4n) is 2.59. The minimum atomic E-state index is -0.381. The molecule has 1 aromatic carbocycles. The number of rotatable bonds is 4. The monoisotopic (exact) mass is 331 g/mol. The first-order valence-corrected chi connectivity index (χ1v) is 7.97. The molecule has 1 aliphatic rings. The smallest absolute Gasteiger partial charge is 0.257 e. The van der Waals surface area contributed by atoms with Crippen LogP contribution in [0.4, 0.5) is 0 Å². The third kappa shape index (κ3) is 3.26. The molecule has 7 nitrogen and oxygen atoms in total. The van der Waals surface area contributed by atoms with Gasteiger partial charge in [0.25, 0.3) is 5.91 Å². The second kappa shape index (κ2) is 7.00. The van der Waals surface area contributed by atoms with Crippen LogP contribution in [0.3, 0.4) is 0 Å². The highest BCUT2D eigenvalue weighted by molar-refractivity contribution is 5.97. The summed E-state index contributed by atoms with van der Waals surface area (Å²) < 4.78 is 16.2. The van der Waals surface area contributed by atoms with E-state index in [1.165, 1.54) is 0 Å². The van der Waals surface area contributed by atoms with Crippen molar-refractivity contribution in [3.63, 3.8) is 0 Å². The number of nitrogens with zero attached hydrogens (tertiary/aromatic N) is 3. The second-order valence-corrected chi connectivity index (χ2v) is 5.96. The number of amides is 1. The minimum absolute atomic E-state index is 0.0895. The Labute approximate surface area is 140 Å². The predicted molar refractivity (Wildman–Crippen MR) is 86.0 cm³/mol. The number of ether oxygens (including phenoxy) is 2. The van der Waals surface area contributed by atoms with Crippen LogP contribution in [0.2, 0.25) is 0 Å². The molecule has 0 aliphatic carbocycles. The maximum atomic E-state index is 12.8. The summed E-state index contributed by atoms with van der Waals surface area (Å²) in [5.41, 5.74) is 0.539. The van der Waals surface area contributed by atoms with Gasteiger partial charge in [-0.05, 0) is 12.1 Å². The Bertz CT molecular complexity index is 713. The number of aromatic nitrogens is 2. The largest absolute Gasteiger partial charge is 0.496 e. The first-order chi connectivity index (χ1) is 11.6. The van der Waals surface area contributed by atoms with Crippen LogP contribution >= 0.6 is 0 Å². The zero-order valence-corrected chi connectivity index (χ0v) is 14.1. The molecule has 0 radical (unpaired) electrons. The van der Waals surface area contributed by atoms with Crippen LogP contribution < -0.4 is 4.74 Å². The molecular weight excluding hydrogens is 310 g/mol. The number of benzene rings is 1. The average Bonchev–Trinajstić information content (AvgIpc) is 3.11. The highest BCUT2D eigenvalue weighted by Gasteiger charge is 2.30. The molecule has 0 unspecified atom stereocenters. The Balaban J connectivity index is 1.76. The number of para-hydroxylation sites is 1. The van der Waals surface area contributed by atoms with Crippen molar-refractivity contribution in [3.8, 4) is 5.75 Å². The van der Waals surface area contributed by atoms with E-state index in [-0.39, 0.29) is 17.9 Å². The van der Waals surface area contributed by atoms with E-state index in [9.17, 15) is 4.79 Å². The highest BCUT2D eigenvalue weighted by Crippen LogP contribution is 2.25. The Morgan fingerprint density at radius 2 is 2.17 bits per heavy atom. The average molecular weight is 331 g/mol. The van der Waals surface area contributed by atoms with Gasteiger partial charge in [-0.15, -0.1) is 0 Å². The number of morpholine rings is 1. The molecule has 24 heavy (non-hydrogen) atoms. The summed E-state index contributed by atoms with van der Waals surface area (Å²) in [6.07, 6.45) is -0.381. The topological polar surface area (TPSA) is 77.7 Å². The first kappa shape index (κ1) is 16.4. The van der Waals surface area contributed by atoms with Gasteiger partial charge in [-0.1, -0.05) is 31.1 Å². The zero-order chi connectivity index (χ0) is 17.1. The maximum absolute atomic E-state index is 12.8. The van der Waals surface area contributed by atoms with Crippen molar-refractivity contribution in [2.45, 2.75) is 25.9 Å². The van der Waals surface area contributed by atoms with Crippen molar-refractivity contribution >= 4 is 5.91 Å². The number of carbonyl (C=O) groups is 1. The Hall–Kier alpha value is -2.41. The van der Waals surface area contributed by atoms with Crippen LogP contribution in [-0.2, 0) is 4.74 Å². The van der Waals surface area contributed by atoms with Gasteiger partial charge in [0, 0.05) is 12.5 Å². The quantitative estimate of drug-likeness (QED) is 0.856. The van der Waals surface area contributed by atoms with Gasteiger partial charge < -0.3 is 18.9 Å². The van der Waals surface area contributed by atoms with Crippen molar-refractivity contribution in [2.75, 3.05) is 26.8 Å². The van der Waals surface area contributed by atoms with Crippen LogP contribution in [0.15, 0.2) is 28.8 Å². The molecule has 7 heteroatoms. The van der Waals surface area contributed by atoms with Crippen LogP contribution in [0.25, 0.3) is 0 Å². The Morgan fingerprint density at radius 1 is 1.38 bits per heavy atom. The van der Waals surface area contributed by atoms with E-state index in [0.717, 1.165) is 0 Å². The summed E-state index contributed by atoms with van der Waals surface area (Å²) in [6, 6.07) is 7.20. The van der Waals surface area contributed by atoms with Gasteiger partial charge in [-0.25, -0.2) is 0 Å². The molecule has 1 fully saturated rings. The lowest BCUT2D eigenvalue weighted by Crippen LogP contribution is -2.42. The molecular formula is C17H21N3O4. The SMILES string of the molecule is COc1ccccc1C(=O)N1CCO[C@@H](c2noc(C(C)C)n2)C1. The van der Waals surface area contributed by atoms with E-state index in [4.69, 9.17) is 14.0 Å². The van der Waals surface area contributed by atoms with Gasteiger partial charge in [0.2, 0.25) is 11.7 Å². The third-order valence-electron chi connectivity index (χ3n) is 3.93. The summed E-state index contributed by atoms with van der Waals surface area (Å²) in [4.78, 5) is 18.9. The fraction of sp³-hybridized carbons (Fsp3) is 0.471. The van der Waals surface area contributed by atoms with Crippen molar-refractivity contribution in [1.82, 2.24) is 15.0 Å². The van der Waals surface area contributed by atoms with Gasteiger partial charge in [0.05, 0.1) is 25.8 Å². The Morgan fingerprint density at radius 3 is 2.88 bits per heavy atom. The van der Waals surface area contributed by atoms with Gasteiger partial charge in [-0.2, -0.15) is 4.98 Å². The summed E-state index contributed by atoms with van der Waals surface area (Å²) in [5.74, 6) is 1.68. The van der Waals surface area contributed by atoms with Gasteiger partial charge in [0.15, 0.2) is 0 Å². The molecule has 1 aromatic heterocycles. The lowest BCUT2D eigenvalue weighted by molar-refractivity contribution is -0.0277. The second-order valence-electron chi connectivity index (χ2n) is 5.96. The molecule has 128 valence electrons. The van der Waals surface area contributed by atoms with E-state index in [2.05, 4.69) is 10.1 Å². The molecule has 0 spiro atoms. The third-order valence-corrected chi connectivity index (χ3v) is 3.93. The molecule has 0 saturated carbocycles. The van der Waals surface area contributed by atoms with Crippen molar-refractivity contribution in [3.05, 3.63) is 41.5 Å². The van der Waals surface area contributed by atoms with Gasteiger partial charge in [-0.3, -0.25) is 4.79 Å². The van der Waals surface area contributed by atoms with Gasteiger partial charge >= 0.3 is 0 Å². The van der Waals surface area contributed by atoms with Gasteiger partial charge in [0.1, 0.15) is 11.9 Å². The standard InChI is InChI=1S/C17H21N3O4/c1-11(2)16-18-15(19-24-16)14-10-20(8-9-23-14)17(21)12-6-4-5-7-13(12)22-3/h4-7,11,14H,8-10H2,1-3H3/t14-/m1/s1. The van der Waals surface area contributed by atoms with E-state index in [1.807, 2.05) is 26.0 Å². The predicted octanol–water partition coefficient (Wildman–Crippen LogP) is 2.42. The van der Waals surface area contributed by atoms with Crippen LogP contribution in [0.1, 0.15) is 47.9 Å². The van der Waals surface area contributed by atoms with Crippen molar-refractivity contribution in [2.24, 2.45) is 0 Å². The molecule has 0 bridgehead atoms. The molecule has 2 aromatic rings. The van der Waals surface area contributed by atoms with Crippen molar-refractivity contribution < 1.29 is 18.8 Å². The van der Waals surface area contributed by atoms with E-state index >= 15 is 0 Å². The summed E-state index contributed by atoms with van der Waals surface area (Å²) >= 11 is 0. The fourth-order valence-corrected chi connectivity index (χ4v) is 2.59. The molecule has 1 amide bonds. The molecule has 1 atom stereocenters. The van der Waals surface area contributed by atoms with Crippen LogP contribution in [0.5, 0.6) is 5.75 Å². The highest BCUT2D eigenvalue weighted by atomic mass is 16.5. The summed E-state index contributed by atoms with van der Waals surface area (Å²) in [5, 5.41) is 3.99. The lowest BCUT2D eigenvalue weighted by atomic mass is 10.1. The lowest BCUT2D eigenvalue weighted by Gasteiger charge is -2.31. The number of hydrogen-bond acceptors (Lipinski definition) is 6. The van der Waals surface area contributed by atoms with E-state index < -0.39 is 0 Å². The van der Waals surface area contributed by atoms with Crippen molar-refractivity contribution in [1.29, 1.82) is 0 Å². The summed E-state index contributed by atoms with van der Waals surface area (Å²) in [6.45, 7) is 5.29. The first-order valence-electron chi connectivity index (χ1n) is 7.97. The minimum Gasteiger partial charge on any atom is -0.496 e. The number of carbonyl (C=O) groups excluding carboxylic acids is 1. The maximum Gasteiger partial charge on any atom is 0.257 e. The van der Waals surface area contributed by atoms with Crippen LogP contribution in [0, 0.1) is 0 Å². The summed E-state index contributed by atoms with van der Waals surface area (Å²) in [7, 11) is 1.56. The molecule has 3 rings (SSSR count). The molecule has 1 aliphatic heterocycles. The van der Waals surface area contributed by atoms with E-state index in [1.54, 1.807) is 24.1 Å². The number of hydrogen-bond donors (Lipinski definition) is 0. The normalized spacial score (nSPS) is 18.0.